The molecule has 5 atom stereocenters. The van der Waals surface area contributed by atoms with Crippen molar-refractivity contribution in [2.75, 3.05) is 33.2 Å². The number of methoxy groups -OCH3 is 2. The number of alkyl halides is 1. The molecule has 5 unspecified atom stereocenters. The van der Waals surface area contributed by atoms with Crippen molar-refractivity contribution in [1.29, 1.82) is 0 Å². The van der Waals surface area contributed by atoms with Gasteiger partial charge in [0, 0.05) is 30.1 Å². The zero-order valence-corrected chi connectivity index (χ0v) is 34.3. The van der Waals surface area contributed by atoms with Crippen LogP contribution in [0.4, 0.5) is 4.39 Å². The Kier molecular flexibility index (Phi) is 15.8. The molecule has 1 aromatic heterocycles. The first kappa shape index (κ1) is 43.2. The van der Waals surface area contributed by atoms with Crippen LogP contribution in [0.3, 0.4) is 0 Å². The second kappa shape index (κ2) is 20.5. The molecule has 56 heavy (non-hydrogen) atoms. The van der Waals surface area contributed by atoms with Gasteiger partial charge in [0.15, 0.2) is 18.0 Å². The minimum Gasteiger partial charge on any atom is -0.497 e. The van der Waals surface area contributed by atoms with Gasteiger partial charge in [-0.05, 0) is 81.5 Å². The van der Waals surface area contributed by atoms with Crippen LogP contribution >= 0.6 is 20.3 Å². The number of rotatable bonds is 21. The lowest BCUT2D eigenvalue weighted by atomic mass is 9.80. The van der Waals surface area contributed by atoms with Crippen LogP contribution in [0.5, 0.6) is 11.5 Å². The summed E-state index contributed by atoms with van der Waals surface area (Å²) in [6.07, 6.45) is -3.03. The van der Waals surface area contributed by atoms with Gasteiger partial charge in [0.1, 0.15) is 29.3 Å². The Labute approximate surface area is 332 Å². The van der Waals surface area contributed by atoms with E-state index >= 15 is 4.39 Å². The summed E-state index contributed by atoms with van der Waals surface area (Å²) in [5.74, 6) is 1.97. The van der Waals surface area contributed by atoms with Crippen LogP contribution in [-0.4, -0.2) is 83.5 Å². The number of benzene rings is 3. The van der Waals surface area contributed by atoms with Gasteiger partial charge in [0.2, 0.25) is 0 Å². The molecule has 2 heterocycles. The van der Waals surface area contributed by atoms with Crippen molar-refractivity contribution in [1.82, 2.24) is 14.2 Å². The summed E-state index contributed by atoms with van der Waals surface area (Å²) in [4.78, 5) is 38.1. The van der Waals surface area contributed by atoms with Gasteiger partial charge >= 0.3 is 5.69 Å². The highest BCUT2D eigenvalue weighted by atomic mass is 32.2. The van der Waals surface area contributed by atoms with E-state index in [1.807, 2.05) is 107 Å². The van der Waals surface area contributed by atoms with Crippen LogP contribution in [0.25, 0.3) is 0 Å². The van der Waals surface area contributed by atoms with Crippen LogP contribution in [-0.2, 0) is 28.9 Å². The van der Waals surface area contributed by atoms with E-state index in [9.17, 15) is 14.4 Å². The number of carbonyl (C=O) groups excluding carboxylic acids is 1. The van der Waals surface area contributed by atoms with Gasteiger partial charge in [-0.2, -0.15) is 0 Å². The van der Waals surface area contributed by atoms with E-state index in [-0.39, 0.29) is 18.7 Å². The molecule has 5 rings (SSSR count). The van der Waals surface area contributed by atoms with Crippen molar-refractivity contribution in [3.05, 3.63) is 129 Å². The molecule has 4 aromatic rings. The third-order valence-corrected chi connectivity index (χ3v) is 12.2. The highest BCUT2D eigenvalue weighted by Crippen LogP contribution is 2.51. The van der Waals surface area contributed by atoms with Gasteiger partial charge in [-0.1, -0.05) is 66.4 Å². The SMILES string of the molecule is COc1ccc(C(OCC2OC(n3ccc(=O)[nH]c3=O)C(F)C2OP(OCCCCSC=O)N(C(C)C)C(C)C)(c2ccccc2)c2ccc(OC)cc2)cc1. The summed E-state index contributed by atoms with van der Waals surface area (Å²) in [5, 5.41) is 0. The maximum absolute atomic E-state index is 17.1. The summed E-state index contributed by atoms with van der Waals surface area (Å²) in [5.41, 5.74) is 0.443. The van der Waals surface area contributed by atoms with E-state index in [0.29, 0.717) is 30.3 Å². The van der Waals surface area contributed by atoms with Crippen LogP contribution in [0.15, 0.2) is 101 Å². The van der Waals surface area contributed by atoms with Crippen LogP contribution in [0.1, 0.15) is 63.5 Å². The summed E-state index contributed by atoms with van der Waals surface area (Å²) >= 11 is 1.20. The minimum atomic E-state index is -1.88. The quantitative estimate of drug-likeness (QED) is 0.0396. The molecule has 3 aromatic carbocycles. The number of hydrogen-bond acceptors (Lipinski definition) is 11. The van der Waals surface area contributed by atoms with E-state index in [0.717, 1.165) is 39.4 Å². The average Bonchev–Trinajstić information content (AvgIpc) is 3.50. The molecule has 1 fully saturated rings. The number of hydrogen-bond donors (Lipinski definition) is 1. The molecule has 0 spiro atoms. The molecule has 1 N–H and O–H groups in total. The molecule has 0 saturated carbocycles. The number of ether oxygens (including phenoxy) is 4. The fourth-order valence-electron chi connectivity index (χ4n) is 6.79. The summed E-state index contributed by atoms with van der Waals surface area (Å²) < 4.78 is 57.8. The Hall–Kier alpha value is -3.88. The van der Waals surface area contributed by atoms with Gasteiger partial charge in [0.05, 0.1) is 27.4 Å². The number of thioether (sulfide) groups is 1. The van der Waals surface area contributed by atoms with E-state index in [2.05, 4.69) is 9.65 Å². The number of nitrogens with zero attached hydrogens (tertiary/aromatic N) is 2. The Morgan fingerprint density at radius 1 is 0.893 bits per heavy atom. The first-order valence-corrected chi connectivity index (χ1v) is 20.7. The Morgan fingerprint density at radius 3 is 2.02 bits per heavy atom. The number of halogens is 1. The third kappa shape index (κ3) is 10.2. The molecule has 302 valence electrons. The second-order valence-corrected chi connectivity index (χ2v) is 16.1. The monoisotopic (exact) mass is 811 g/mol. The number of nitrogens with one attached hydrogen (secondary N) is 1. The van der Waals surface area contributed by atoms with E-state index in [4.69, 9.17) is 28.0 Å². The predicted octanol–water partition coefficient (Wildman–Crippen LogP) is 7.25. The molecule has 12 nitrogen and oxygen atoms in total. The Morgan fingerprint density at radius 2 is 1.48 bits per heavy atom. The van der Waals surface area contributed by atoms with E-state index < -0.39 is 50.0 Å². The zero-order valence-electron chi connectivity index (χ0n) is 32.5. The topological polar surface area (TPSA) is 131 Å². The number of aromatic nitrogens is 2. The fourth-order valence-corrected chi connectivity index (χ4v) is 9.06. The maximum atomic E-state index is 17.1. The van der Waals surface area contributed by atoms with Crippen molar-refractivity contribution in [2.45, 2.75) is 82.8 Å². The molecule has 1 aliphatic rings. The van der Waals surface area contributed by atoms with Gasteiger partial charge < -0.3 is 28.0 Å². The van der Waals surface area contributed by atoms with Gasteiger partial charge in [-0.3, -0.25) is 19.1 Å². The average molecular weight is 812 g/mol. The van der Waals surface area contributed by atoms with Crippen molar-refractivity contribution in [2.24, 2.45) is 0 Å². The zero-order chi connectivity index (χ0) is 40.2. The van der Waals surface area contributed by atoms with E-state index in [1.165, 1.54) is 18.0 Å². The molecule has 1 saturated heterocycles. The van der Waals surface area contributed by atoms with Crippen molar-refractivity contribution >= 4 is 25.9 Å². The molecule has 15 heteroatoms. The van der Waals surface area contributed by atoms with Crippen LogP contribution in [0, 0.1) is 0 Å². The summed E-state index contributed by atoms with van der Waals surface area (Å²) in [6.45, 7) is 8.19. The van der Waals surface area contributed by atoms with Gasteiger partial charge in [-0.15, -0.1) is 0 Å². The van der Waals surface area contributed by atoms with Gasteiger partial charge in [0.25, 0.3) is 14.1 Å². The lowest BCUT2D eigenvalue weighted by Crippen LogP contribution is -2.41. The molecule has 0 amide bonds. The summed E-state index contributed by atoms with van der Waals surface area (Å²) in [6, 6.07) is 25.8. The molecular formula is C41H51FN3O9PS. The molecule has 0 aliphatic carbocycles. The molecular weight excluding hydrogens is 761 g/mol. The van der Waals surface area contributed by atoms with Crippen LogP contribution < -0.4 is 20.7 Å². The number of aromatic amines is 1. The van der Waals surface area contributed by atoms with E-state index in [1.54, 1.807) is 14.2 Å². The smallest absolute Gasteiger partial charge is 0.330 e. The predicted molar refractivity (Wildman–Crippen MR) is 217 cm³/mol. The lowest BCUT2D eigenvalue weighted by Gasteiger charge is -2.39. The number of unbranched alkanes of at least 4 members (excludes halogenated alkanes) is 1. The highest BCUT2D eigenvalue weighted by molar-refractivity contribution is 8.11. The summed E-state index contributed by atoms with van der Waals surface area (Å²) in [7, 11) is 1.33. The lowest BCUT2D eigenvalue weighted by molar-refractivity contribution is -0.0935. The normalized spacial score (nSPS) is 19.1. The fraction of sp³-hybridized carbons (Fsp3) is 0.439. The van der Waals surface area contributed by atoms with Crippen molar-refractivity contribution in [3.63, 3.8) is 0 Å². The number of carbonyl (C=O) groups is 1. The standard InChI is InChI=1S/C41H51FN3O9PS/c1-28(2)45(29(3)4)55(52-24-10-11-25-56-27-46)54-38-35(53-39(37(38)42)44-23-22-36(47)43-40(44)48)26-51-41(30-12-8-7-9-13-30,31-14-18-33(49-5)19-15-31)32-16-20-34(50-6)21-17-32/h7-9,12-23,27-29,35,37-39H,10-11,24-26H2,1-6H3,(H,43,47,48). The van der Waals surface area contributed by atoms with Gasteiger partial charge in [-0.25, -0.2) is 13.9 Å². The maximum Gasteiger partial charge on any atom is 0.330 e. The first-order valence-electron chi connectivity index (χ1n) is 18.6. The Balaban J connectivity index is 1.58. The highest BCUT2D eigenvalue weighted by Gasteiger charge is 2.51. The largest absolute Gasteiger partial charge is 0.497 e. The molecule has 0 bridgehead atoms. The second-order valence-electron chi connectivity index (χ2n) is 13.7. The van der Waals surface area contributed by atoms with Crippen molar-refractivity contribution < 1.29 is 37.2 Å². The van der Waals surface area contributed by atoms with Crippen molar-refractivity contribution in [3.8, 4) is 11.5 Å². The van der Waals surface area contributed by atoms with Crippen LogP contribution in [0.2, 0.25) is 0 Å². The third-order valence-electron chi connectivity index (χ3n) is 9.41. The number of H-pyrrole nitrogens is 1. The first-order chi connectivity index (χ1) is 27.0. The molecule has 1 aliphatic heterocycles. The molecule has 0 radical (unpaired) electrons. The minimum absolute atomic E-state index is 0.0321. The Bertz CT molecular complexity index is 1880.